The second-order valence-electron chi connectivity index (χ2n) is 3.61. The summed E-state index contributed by atoms with van der Waals surface area (Å²) in [5.74, 6) is 1.43. The number of aryl methyl sites for hydroxylation is 1. The Morgan fingerprint density at radius 2 is 2.06 bits per heavy atom. The summed E-state index contributed by atoms with van der Waals surface area (Å²) in [5, 5.41) is 10.1. The largest absolute Gasteiger partial charge is 0.484 e. The Balaban J connectivity index is 1.96. The van der Waals surface area contributed by atoms with E-state index in [1.807, 2.05) is 0 Å². The van der Waals surface area contributed by atoms with Crippen molar-refractivity contribution < 1.29 is 13.9 Å². The first kappa shape index (κ1) is 12.1. The predicted molar refractivity (Wildman–Crippen MR) is 63.2 cm³/mol. The Labute approximate surface area is 104 Å². The van der Waals surface area contributed by atoms with Gasteiger partial charge in [0, 0.05) is 19.5 Å². The van der Waals surface area contributed by atoms with Gasteiger partial charge in [-0.1, -0.05) is 0 Å². The van der Waals surface area contributed by atoms with E-state index >= 15 is 0 Å². The van der Waals surface area contributed by atoms with Crippen molar-refractivity contribution in [3.63, 3.8) is 0 Å². The Hall–Kier alpha value is -2.37. The molecule has 0 aliphatic carbocycles. The number of nitrogens with one attached hydrogen (secondary N) is 1. The molecule has 1 aromatic heterocycles. The normalized spacial score (nSPS) is 10.1. The second-order valence-corrected chi connectivity index (χ2v) is 3.61. The molecule has 0 aliphatic heterocycles. The summed E-state index contributed by atoms with van der Waals surface area (Å²) < 4.78 is 10.6. The van der Waals surface area contributed by atoms with Crippen LogP contribution in [0, 0.1) is 6.92 Å². The highest BCUT2D eigenvalue weighted by molar-refractivity contribution is 5.94. The van der Waals surface area contributed by atoms with Gasteiger partial charge < -0.3 is 14.5 Å². The van der Waals surface area contributed by atoms with Crippen LogP contribution in [0.2, 0.25) is 0 Å². The van der Waals surface area contributed by atoms with Crippen LogP contribution in [0.1, 0.15) is 22.1 Å². The number of amides is 1. The van der Waals surface area contributed by atoms with Crippen LogP contribution in [-0.2, 0) is 6.61 Å². The molecular weight excluding hydrogens is 234 g/mol. The summed E-state index contributed by atoms with van der Waals surface area (Å²) in [6.07, 6.45) is 0. The lowest BCUT2D eigenvalue weighted by molar-refractivity contribution is 0.0963. The Kier molecular flexibility index (Phi) is 3.57. The fourth-order valence-corrected chi connectivity index (χ4v) is 1.39. The monoisotopic (exact) mass is 247 g/mol. The van der Waals surface area contributed by atoms with Crippen LogP contribution in [-0.4, -0.2) is 23.2 Å². The SMILES string of the molecule is CNC(=O)c1ccc(OCc2nnc(C)o2)cc1. The smallest absolute Gasteiger partial charge is 0.253 e. The van der Waals surface area contributed by atoms with Crippen molar-refractivity contribution in [2.45, 2.75) is 13.5 Å². The molecule has 94 valence electrons. The molecule has 0 unspecified atom stereocenters. The minimum atomic E-state index is -0.130. The number of carbonyl (C=O) groups excluding carboxylic acids is 1. The van der Waals surface area contributed by atoms with Crippen LogP contribution in [0.5, 0.6) is 5.75 Å². The molecule has 1 heterocycles. The van der Waals surface area contributed by atoms with Crippen LogP contribution in [0.4, 0.5) is 0 Å². The first-order chi connectivity index (χ1) is 8.69. The van der Waals surface area contributed by atoms with Crippen LogP contribution in [0.25, 0.3) is 0 Å². The second kappa shape index (κ2) is 5.31. The number of aromatic nitrogens is 2. The van der Waals surface area contributed by atoms with Gasteiger partial charge in [0.15, 0.2) is 6.61 Å². The molecule has 0 saturated carbocycles. The quantitative estimate of drug-likeness (QED) is 0.881. The molecule has 0 fully saturated rings. The van der Waals surface area contributed by atoms with E-state index in [1.54, 1.807) is 38.2 Å². The molecule has 1 amide bonds. The number of rotatable bonds is 4. The summed E-state index contributed by atoms with van der Waals surface area (Å²) in [6, 6.07) is 6.81. The van der Waals surface area contributed by atoms with Gasteiger partial charge in [-0.3, -0.25) is 4.79 Å². The van der Waals surface area contributed by atoms with E-state index in [9.17, 15) is 4.79 Å². The molecule has 2 aromatic rings. The standard InChI is InChI=1S/C12H13N3O3/c1-8-14-15-11(18-8)7-17-10-5-3-9(4-6-10)12(16)13-2/h3-6H,7H2,1-2H3,(H,13,16). The summed E-state index contributed by atoms with van der Waals surface area (Å²) in [5.41, 5.74) is 0.582. The molecule has 1 aromatic carbocycles. The van der Waals surface area contributed by atoms with Crippen molar-refractivity contribution in [2.24, 2.45) is 0 Å². The van der Waals surface area contributed by atoms with E-state index in [4.69, 9.17) is 9.15 Å². The Morgan fingerprint density at radius 1 is 1.33 bits per heavy atom. The summed E-state index contributed by atoms with van der Waals surface area (Å²) in [4.78, 5) is 11.3. The number of hydrogen-bond acceptors (Lipinski definition) is 5. The first-order valence-corrected chi connectivity index (χ1v) is 5.43. The van der Waals surface area contributed by atoms with E-state index in [-0.39, 0.29) is 12.5 Å². The highest BCUT2D eigenvalue weighted by Gasteiger charge is 2.05. The van der Waals surface area contributed by atoms with Crippen LogP contribution < -0.4 is 10.1 Å². The third-order valence-corrected chi connectivity index (χ3v) is 2.27. The molecule has 1 N–H and O–H groups in total. The van der Waals surface area contributed by atoms with Gasteiger partial charge in [-0.25, -0.2) is 0 Å². The molecule has 0 saturated heterocycles. The third-order valence-electron chi connectivity index (χ3n) is 2.27. The molecule has 18 heavy (non-hydrogen) atoms. The zero-order valence-corrected chi connectivity index (χ0v) is 10.1. The van der Waals surface area contributed by atoms with Crippen LogP contribution in [0.3, 0.4) is 0 Å². The third kappa shape index (κ3) is 2.85. The fourth-order valence-electron chi connectivity index (χ4n) is 1.39. The van der Waals surface area contributed by atoms with E-state index in [2.05, 4.69) is 15.5 Å². The van der Waals surface area contributed by atoms with E-state index in [1.165, 1.54) is 0 Å². The zero-order valence-electron chi connectivity index (χ0n) is 10.1. The summed E-state index contributed by atoms with van der Waals surface area (Å²) in [7, 11) is 1.59. The molecule has 0 bridgehead atoms. The van der Waals surface area contributed by atoms with Crippen molar-refractivity contribution in [2.75, 3.05) is 7.05 Å². The average molecular weight is 247 g/mol. The fraction of sp³-hybridized carbons (Fsp3) is 0.250. The lowest BCUT2D eigenvalue weighted by Gasteiger charge is -2.04. The topological polar surface area (TPSA) is 77.2 Å². The number of carbonyl (C=O) groups is 1. The highest BCUT2D eigenvalue weighted by atomic mass is 16.5. The van der Waals surface area contributed by atoms with E-state index < -0.39 is 0 Å². The van der Waals surface area contributed by atoms with Gasteiger partial charge in [-0.2, -0.15) is 0 Å². The van der Waals surface area contributed by atoms with Crippen LogP contribution >= 0.6 is 0 Å². The molecule has 0 aliphatic rings. The maximum absolute atomic E-state index is 11.3. The maximum atomic E-state index is 11.3. The number of benzene rings is 1. The van der Waals surface area contributed by atoms with Gasteiger partial charge in [0.05, 0.1) is 0 Å². The van der Waals surface area contributed by atoms with Gasteiger partial charge in [-0.15, -0.1) is 10.2 Å². The van der Waals surface area contributed by atoms with E-state index in [0.717, 1.165) is 0 Å². The highest BCUT2D eigenvalue weighted by Crippen LogP contribution is 2.13. The minimum absolute atomic E-state index is 0.130. The number of ether oxygens (including phenoxy) is 1. The summed E-state index contributed by atoms with van der Waals surface area (Å²) >= 11 is 0. The summed E-state index contributed by atoms with van der Waals surface area (Å²) in [6.45, 7) is 1.93. The molecule has 2 rings (SSSR count). The van der Waals surface area contributed by atoms with Crippen molar-refractivity contribution in [1.82, 2.24) is 15.5 Å². The lowest BCUT2D eigenvalue weighted by atomic mass is 10.2. The molecular formula is C12H13N3O3. The van der Waals surface area contributed by atoms with Gasteiger partial charge in [-0.05, 0) is 24.3 Å². The molecule has 0 atom stereocenters. The number of hydrogen-bond donors (Lipinski definition) is 1. The average Bonchev–Trinajstić information content (AvgIpc) is 2.82. The molecule has 0 spiro atoms. The van der Waals surface area contributed by atoms with Crippen molar-refractivity contribution in [1.29, 1.82) is 0 Å². The lowest BCUT2D eigenvalue weighted by Crippen LogP contribution is -2.17. The van der Waals surface area contributed by atoms with Gasteiger partial charge in [0.1, 0.15) is 5.75 Å². The molecule has 0 radical (unpaired) electrons. The van der Waals surface area contributed by atoms with Crippen molar-refractivity contribution >= 4 is 5.91 Å². The molecule has 6 heteroatoms. The van der Waals surface area contributed by atoms with Gasteiger partial charge >= 0.3 is 0 Å². The first-order valence-electron chi connectivity index (χ1n) is 5.43. The minimum Gasteiger partial charge on any atom is -0.484 e. The van der Waals surface area contributed by atoms with Gasteiger partial charge in [0.25, 0.3) is 11.8 Å². The van der Waals surface area contributed by atoms with Crippen molar-refractivity contribution in [3.8, 4) is 5.75 Å². The zero-order chi connectivity index (χ0) is 13.0. The van der Waals surface area contributed by atoms with E-state index in [0.29, 0.717) is 23.1 Å². The predicted octanol–water partition coefficient (Wildman–Crippen LogP) is 1.32. The molecule has 6 nitrogen and oxygen atoms in total. The number of nitrogens with zero attached hydrogens (tertiary/aromatic N) is 2. The Morgan fingerprint density at radius 3 is 2.61 bits per heavy atom. The van der Waals surface area contributed by atoms with Crippen molar-refractivity contribution in [3.05, 3.63) is 41.6 Å². The van der Waals surface area contributed by atoms with Crippen LogP contribution in [0.15, 0.2) is 28.7 Å². The van der Waals surface area contributed by atoms with Gasteiger partial charge in [0.2, 0.25) is 5.89 Å². The Bertz CT molecular complexity index is 534. The maximum Gasteiger partial charge on any atom is 0.253 e.